The van der Waals surface area contributed by atoms with Gasteiger partial charge in [-0.05, 0) is 26.2 Å². The van der Waals surface area contributed by atoms with Crippen LogP contribution in [0.2, 0.25) is 0 Å². The lowest BCUT2D eigenvalue weighted by Gasteiger charge is -2.40. The molecule has 2 amide bonds. The normalized spacial score (nSPS) is 22.2. The highest BCUT2D eigenvalue weighted by atomic mass is 32.1. The van der Waals surface area contributed by atoms with Crippen LogP contribution in [0.5, 0.6) is 0 Å². The first-order valence-electron chi connectivity index (χ1n) is 9.30. The van der Waals surface area contributed by atoms with Crippen LogP contribution < -0.4 is 0 Å². The van der Waals surface area contributed by atoms with E-state index < -0.39 is 0 Å². The fourth-order valence-electron chi connectivity index (χ4n) is 3.74. The van der Waals surface area contributed by atoms with Gasteiger partial charge in [-0.3, -0.25) is 14.5 Å². The van der Waals surface area contributed by atoms with E-state index in [-0.39, 0.29) is 17.9 Å². The quantitative estimate of drug-likeness (QED) is 0.819. The van der Waals surface area contributed by atoms with Gasteiger partial charge in [-0.15, -0.1) is 11.3 Å². The molecule has 1 aromatic heterocycles. The van der Waals surface area contributed by atoms with Crippen LogP contribution in [-0.2, 0) is 16.1 Å². The number of piperazine rings is 1. The maximum Gasteiger partial charge on any atom is 0.245 e. The minimum absolute atomic E-state index is 0.107. The lowest BCUT2D eigenvalue weighted by molar-refractivity contribution is -0.148. The van der Waals surface area contributed by atoms with Crippen molar-refractivity contribution >= 4 is 23.2 Å². The van der Waals surface area contributed by atoms with Crippen LogP contribution >= 0.6 is 11.3 Å². The van der Waals surface area contributed by atoms with Gasteiger partial charge in [-0.1, -0.05) is 6.92 Å². The number of rotatable bonds is 4. The van der Waals surface area contributed by atoms with Gasteiger partial charge in [0.15, 0.2) is 0 Å². The van der Waals surface area contributed by atoms with E-state index in [1.165, 1.54) is 0 Å². The van der Waals surface area contributed by atoms with Gasteiger partial charge >= 0.3 is 0 Å². The van der Waals surface area contributed by atoms with Gasteiger partial charge in [0, 0.05) is 51.1 Å². The molecule has 0 aromatic carbocycles. The van der Waals surface area contributed by atoms with Gasteiger partial charge in [-0.2, -0.15) is 0 Å². The summed E-state index contributed by atoms with van der Waals surface area (Å²) in [4.78, 5) is 35.8. The Hall–Kier alpha value is -1.47. The molecule has 0 bridgehead atoms. The Kier molecular flexibility index (Phi) is 6.06. The van der Waals surface area contributed by atoms with Crippen molar-refractivity contribution in [2.75, 3.05) is 32.7 Å². The first kappa shape index (κ1) is 18.3. The first-order valence-corrected chi connectivity index (χ1v) is 10.2. The van der Waals surface area contributed by atoms with E-state index >= 15 is 0 Å². The SMILES string of the molecule is CCC(=O)N1CCCC[C@@H]1C(=O)N1CCN(Cc2csc(C)n2)CC1. The highest BCUT2D eigenvalue weighted by Gasteiger charge is 2.35. The molecule has 3 rings (SSSR count). The molecular formula is C18H28N4O2S. The van der Waals surface area contributed by atoms with E-state index in [1.54, 1.807) is 11.3 Å². The molecule has 2 fully saturated rings. The number of thiazole rings is 1. The number of likely N-dealkylation sites (tertiary alicyclic amines) is 1. The fourth-order valence-corrected chi connectivity index (χ4v) is 4.34. The zero-order valence-corrected chi connectivity index (χ0v) is 16.1. The highest BCUT2D eigenvalue weighted by Crippen LogP contribution is 2.21. The largest absolute Gasteiger partial charge is 0.338 e. The van der Waals surface area contributed by atoms with Gasteiger partial charge in [-0.25, -0.2) is 4.98 Å². The first-order chi connectivity index (χ1) is 12.1. The second-order valence-electron chi connectivity index (χ2n) is 6.91. The Balaban J connectivity index is 1.54. The molecular weight excluding hydrogens is 336 g/mol. The fraction of sp³-hybridized carbons (Fsp3) is 0.722. The summed E-state index contributed by atoms with van der Waals surface area (Å²) in [5, 5.41) is 3.21. The molecule has 0 N–H and O–H groups in total. The van der Waals surface area contributed by atoms with Crippen molar-refractivity contribution in [3.63, 3.8) is 0 Å². The Morgan fingerprint density at radius 1 is 1.20 bits per heavy atom. The molecule has 0 radical (unpaired) electrons. The maximum atomic E-state index is 13.0. The average Bonchev–Trinajstić information content (AvgIpc) is 3.06. The number of aryl methyl sites for hydroxylation is 1. The summed E-state index contributed by atoms with van der Waals surface area (Å²) in [6.07, 6.45) is 3.33. The van der Waals surface area contributed by atoms with Crippen LogP contribution in [-0.4, -0.2) is 70.3 Å². The van der Waals surface area contributed by atoms with Crippen LogP contribution in [0.25, 0.3) is 0 Å². The van der Waals surface area contributed by atoms with Crippen molar-refractivity contribution in [1.82, 2.24) is 19.7 Å². The van der Waals surface area contributed by atoms with Gasteiger partial charge in [0.25, 0.3) is 0 Å². The second kappa shape index (κ2) is 8.27. The van der Waals surface area contributed by atoms with E-state index in [4.69, 9.17) is 0 Å². The number of carbonyl (C=O) groups is 2. The topological polar surface area (TPSA) is 56.8 Å². The van der Waals surface area contributed by atoms with Crippen molar-refractivity contribution in [3.8, 4) is 0 Å². The smallest absolute Gasteiger partial charge is 0.245 e. The molecule has 0 aliphatic carbocycles. The maximum absolute atomic E-state index is 13.0. The molecule has 1 atom stereocenters. The molecule has 2 saturated heterocycles. The molecule has 3 heterocycles. The number of amides is 2. The number of carbonyl (C=O) groups excluding carboxylic acids is 2. The third-order valence-electron chi connectivity index (χ3n) is 5.15. The molecule has 25 heavy (non-hydrogen) atoms. The molecule has 138 valence electrons. The summed E-state index contributed by atoms with van der Waals surface area (Å²) < 4.78 is 0. The lowest BCUT2D eigenvalue weighted by Crippen LogP contribution is -2.57. The van der Waals surface area contributed by atoms with E-state index in [1.807, 2.05) is 23.6 Å². The minimum Gasteiger partial charge on any atom is -0.338 e. The number of hydrogen-bond donors (Lipinski definition) is 0. The van der Waals surface area contributed by atoms with E-state index in [2.05, 4.69) is 15.3 Å². The molecule has 2 aliphatic rings. The molecule has 7 heteroatoms. The highest BCUT2D eigenvalue weighted by molar-refractivity contribution is 7.09. The Morgan fingerprint density at radius 3 is 2.60 bits per heavy atom. The summed E-state index contributed by atoms with van der Waals surface area (Å²) in [5.74, 6) is 0.251. The molecule has 6 nitrogen and oxygen atoms in total. The van der Waals surface area contributed by atoms with Crippen LogP contribution in [0.4, 0.5) is 0 Å². The number of aromatic nitrogens is 1. The van der Waals surface area contributed by atoms with Crippen LogP contribution in [0.15, 0.2) is 5.38 Å². The summed E-state index contributed by atoms with van der Waals surface area (Å²) in [6.45, 7) is 8.71. The average molecular weight is 365 g/mol. The monoisotopic (exact) mass is 364 g/mol. The van der Waals surface area contributed by atoms with Crippen molar-refractivity contribution in [2.45, 2.75) is 52.1 Å². The third-order valence-corrected chi connectivity index (χ3v) is 5.97. The zero-order valence-electron chi connectivity index (χ0n) is 15.2. The molecule has 2 aliphatic heterocycles. The summed E-state index contributed by atoms with van der Waals surface area (Å²) in [5.41, 5.74) is 1.12. The number of nitrogens with zero attached hydrogens (tertiary/aromatic N) is 4. The van der Waals surface area contributed by atoms with Crippen molar-refractivity contribution in [3.05, 3.63) is 16.1 Å². The third kappa shape index (κ3) is 4.39. The Morgan fingerprint density at radius 2 is 1.96 bits per heavy atom. The predicted octanol–water partition coefficient (Wildman–Crippen LogP) is 1.89. The lowest BCUT2D eigenvalue weighted by atomic mass is 10.00. The van der Waals surface area contributed by atoms with E-state index in [0.717, 1.165) is 69.2 Å². The van der Waals surface area contributed by atoms with Gasteiger partial charge in [0.2, 0.25) is 11.8 Å². The zero-order chi connectivity index (χ0) is 17.8. The minimum atomic E-state index is -0.242. The van der Waals surface area contributed by atoms with E-state index in [0.29, 0.717) is 6.42 Å². The van der Waals surface area contributed by atoms with Gasteiger partial charge in [0.1, 0.15) is 6.04 Å². The van der Waals surface area contributed by atoms with Gasteiger partial charge < -0.3 is 9.80 Å². The summed E-state index contributed by atoms with van der Waals surface area (Å²) in [7, 11) is 0. The van der Waals surface area contributed by atoms with Crippen LogP contribution in [0, 0.1) is 6.92 Å². The van der Waals surface area contributed by atoms with Crippen LogP contribution in [0.3, 0.4) is 0 Å². The number of piperidine rings is 1. The Labute approximate surface area is 153 Å². The van der Waals surface area contributed by atoms with Gasteiger partial charge in [0.05, 0.1) is 10.7 Å². The standard InChI is InChI=1S/C18H28N4O2S/c1-3-17(23)22-7-5-4-6-16(22)18(24)21-10-8-20(9-11-21)12-15-13-25-14(2)19-15/h13,16H,3-12H2,1-2H3/t16-/m1/s1. The van der Waals surface area contributed by atoms with E-state index in [9.17, 15) is 9.59 Å². The Bertz CT molecular complexity index is 610. The number of hydrogen-bond acceptors (Lipinski definition) is 5. The molecule has 0 saturated carbocycles. The molecule has 0 spiro atoms. The van der Waals surface area contributed by atoms with Crippen LogP contribution in [0.1, 0.15) is 43.3 Å². The van der Waals surface area contributed by atoms with Crippen molar-refractivity contribution < 1.29 is 9.59 Å². The predicted molar refractivity (Wildman–Crippen MR) is 98.4 cm³/mol. The summed E-state index contributed by atoms with van der Waals surface area (Å²) >= 11 is 1.68. The molecule has 1 aromatic rings. The van der Waals surface area contributed by atoms with Crippen molar-refractivity contribution in [2.24, 2.45) is 0 Å². The second-order valence-corrected chi connectivity index (χ2v) is 7.97. The molecule has 0 unspecified atom stereocenters. The van der Waals surface area contributed by atoms with Crippen molar-refractivity contribution in [1.29, 1.82) is 0 Å². The summed E-state index contributed by atoms with van der Waals surface area (Å²) in [6, 6.07) is -0.242.